The molecule has 0 aliphatic heterocycles. The predicted molar refractivity (Wildman–Crippen MR) is 94.9 cm³/mol. The van der Waals surface area contributed by atoms with Crippen LogP contribution in [0.15, 0.2) is 42.0 Å². The average molecular weight is 305 g/mol. The van der Waals surface area contributed by atoms with Crippen LogP contribution in [0.25, 0.3) is 10.8 Å². The highest BCUT2D eigenvalue weighted by molar-refractivity contribution is 6.09. The van der Waals surface area contributed by atoms with Gasteiger partial charge in [0.15, 0.2) is 0 Å². The SMILES string of the molecule is O=C(NCCC1=CCCCC1)c1ccc2c3c(cccc13)CC2. The van der Waals surface area contributed by atoms with E-state index in [-0.39, 0.29) is 5.91 Å². The minimum atomic E-state index is 0.0667. The largest absolute Gasteiger partial charge is 0.352 e. The van der Waals surface area contributed by atoms with E-state index in [0.29, 0.717) is 0 Å². The standard InChI is InChI=1S/C21H23NO/c23-21(22-14-13-15-5-2-1-3-6-15)19-12-11-17-10-9-16-7-4-8-18(19)20(16)17/h4-5,7-8,11-12H,1-3,6,9-10,13-14H2,(H,22,23). The molecule has 0 saturated carbocycles. The Hall–Kier alpha value is -2.09. The van der Waals surface area contributed by atoms with Crippen LogP contribution in [0, 0.1) is 0 Å². The van der Waals surface area contributed by atoms with E-state index in [4.69, 9.17) is 0 Å². The Morgan fingerprint density at radius 1 is 1.00 bits per heavy atom. The molecule has 2 aromatic rings. The Morgan fingerprint density at radius 3 is 2.70 bits per heavy atom. The minimum absolute atomic E-state index is 0.0667. The number of allylic oxidation sites excluding steroid dienone is 1. The first-order valence-electron chi connectivity index (χ1n) is 8.82. The number of benzene rings is 2. The Bertz CT molecular complexity index is 778. The Balaban J connectivity index is 1.51. The lowest BCUT2D eigenvalue weighted by Gasteiger charge is -2.13. The second-order valence-corrected chi connectivity index (χ2v) is 6.73. The Kier molecular flexibility index (Phi) is 3.90. The summed E-state index contributed by atoms with van der Waals surface area (Å²) in [6, 6.07) is 10.5. The summed E-state index contributed by atoms with van der Waals surface area (Å²) < 4.78 is 0. The normalized spacial score (nSPS) is 16.4. The lowest BCUT2D eigenvalue weighted by Crippen LogP contribution is -2.25. The molecule has 2 heteroatoms. The van der Waals surface area contributed by atoms with Gasteiger partial charge in [-0.05, 0) is 72.9 Å². The summed E-state index contributed by atoms with van der Waals surface area (Å²) in [5.74, 6) is 0.0667. The van der Waals surface area contributed by atoms with E-state index in [2.05, 4.69) is 35.7 Å². The van der Waals surface area contributed by atoms with E-state index in [0.717, 1.165) is 36.8 Å². The molecule has 2 aliphatic rings. The molecule has 23 heavy (non-hydrogen) atoms. The molecule has 0 aromatic heterocycles. The van der Waals surface area contributed by atoms with Crippen molar-refractivity contribution in [1.82, 2.24) is 5.32 Å². The van der Waals surface area contributed by atoms with Crippen molar-refractivity contribution >= 4 is 16.7 Å². The van der Waals surface area contributed by atoms with Crippen molar-refractivity contribution < 1.29 is 4.79 Å². The lowest BCUT2D eigenvalue weighted by atomic mass is 9.97. The van der Waals surface area contributed by atoms with Crippen molar-refractivity contribution in [3.8, 4) is 0 Å². The lowest BCUT2D eigenvalue weighted by molar-refractivity contribution is 0.0955. The number of hydrogen-bond donors (Lipinski definition) is 1. The number of carbonyl (C=O) groups is 1. The average Bonchev–Trinajstić information content (AvgIpc) is 3.01. The molecule has 0 atom stereocenters. The van der Waals surface area contributed by atoms with Gasteiger partial charge in [0.1, 0.15) is 0 Å². The van der Waals surface area contributed by atoms with Gasteiger partial charge in [-0.15, -0.1) is 0 Å². The van der Waals surface area contributed by atoms with E-state index in [1.165, 1.54) is 47.8 Å². The summed E-state index contributed by atoms with van der Waals surface area (Å²) in [4.78, 5) is 12.6. The molecule has 4 rings (SSSR count). The molecular formula is C21H23NO. The van der Waals surface area contributed by atoms with Gasteiger partial charge in [-0.1, -0.05) is 35.9 Å². The number of nitrogens with one attached hydrogen (secondary N) is 1. The third kappa shape index (κ3) is 2.78. The van der Waals surface area contributed by atoms with E-state index in [9.17, 15) is 4.79 Å². The molecule has 0 fully saturated rings. The van der Waals surface area contributed by atoms with E-state index < -0.39 is 0 Å². The zero-order valence-corrected chi connectivity index (χ0v) is 13.5. The third-order valence-corrected chi connectivity index (χ3v) is 5.24. The predicted octanol–water partition coefficient (Wildman–Crippen LogP) is 4.56. The van der Waals surface area contributed by atoms with Crippen LogP contribution in [0.4, 0.5) is 0 Å². The number of amides is 1. The second kappa shape index (κ2) is 6.19. The Labute approximate surface area is 137 Å². The van der Waals surface area contributed by atoms with Gasteiger partial charge in [-0.25, -0.2) is 0 Å². The summed E-state index contributed by atoms with van der Waals surface area (Å²) in [6.07, 6.45) is 10.6. The molecule has 0 heterocycles. The summed E-state index contributed by atoms with van der Waals surface area (Å²) in [7, 11) is 0. The maximum absolute atomic E-state index is 12.6. The van der Waals surface area contributed by atoms with Crippen LogP contribution < -0.4 is 5.32 Å². The second-order valence-electron chi connectivity index (χ2n) is 6.73. The smallest absolute Gasteiger partial charge is 0.251 e. The molecule has 1 amide bonds. The molecule has 0 spiro atoms. The zero-order valence-electron chi connectivity index (χ0n) is 13.5. The van der Waals surface area contributed by atoms with Gasteiger partial charge in [-0.2, -0.15) is 0 Å². The fourth-order valence-electron chi connectivity index (χ4n) is 4.01. The van der Waals surface area contributed by atoms with E-state index >= 15 is 0 Å². The number of aryl methyl sites for hydroxylation is 2. The van der Waals surface area contributed by atoms with Crippen molar-refractivity contribution in [2.75, 3.05) is 6.54 Å². The summed E-state index contributed by atoms with van der Waals surface area (Å²) in [5.41, 5.74) is 5.11. The van der Waals surface area contributed by atoms with Crippen LogP contribution in [0.1, 0.15) is 53.6 Å². The minimum Gasteiger partial charge on any atom is -0.352 e. The first-order chi connectivity index (χ1) is 11.3. The van der Waals surface area contributed by atoms with E-state index in [1.54, 1.807) is 0 Å². The van der Waals surface area contributed by atoms with Crippen LogP contribution in [0.3, 0.4) is 0 Å². The molecule has 0 bridgehead atoms. The first kappa shape index (κ1) is 14.5. The zero-order chi connectivity index (χ0) is 15.6. The number of hydrogen-bond acceptors (Lipinski definition) is 1. The number of carbonyl (C=O) groups excluding carboxylic acids is 1. The summed E-state index contributed by atoms with van der Waals surface area (Å²) in [5, 5.41) is 5.55. The fraction of sp³-hybridized carbons (Fsp3) is 0.381. The van der Waals surface area contributed by atoms with Gasteiger partial charge < -0.3 is 5.32 Å². The van der Waals surface area contributed by atoms with Gasteiger partial charge in [0.25, 0.3) is 5.91 Å². The van der Waals surface area contributed by atoms with Gasteiger partial charge in [-0.3, -0.25) is 4.79 Å². The van der Waals surface area contributed by atoms with Gasteiger partial charge >= 0.3 is 0 Å². The maximum Gasteiger partial charge on any atom is 0.251 e. The van der Waals surface area contributed by atoms with E-state index in [1.807, 2.05) is 6.07 Å². The topological polar surface area (TPSA) is 29.1 Å². The van der Waals surface area contributed by atoms with Gasteiger partial charge in [0.05, 0.1) is 0 Å². The Morgan fingerprint density at radius 2 is 1.87 bits per heavy atom. The highest BCUT2D eigenvalue weighted by Gasteiger charge is 2.18. The van der Waals surface area contributed by atoms with Crippen molar-refractivity contribution in [2.24, 2.45) is 0 Å². The van der Waals surface area contributed by atoms with Crippen LogP contribution in [0.2, 0.25) is 0 Å². The first-order valence-corrected chi connectivity index (χ1v) is 8.82. The monoisotopic (exact) mass is 305 g/mol. The van der Waals surface area contributed by atoms with Crippen LogP contribution >= 0.6 is 0 Å². The van der Waals surface area contributed by atoms with Crippen LogP contribution in [-0.4, -0.2) is 12.5 Å². The summed E-state index contributed by atoms with van der Waals surface area (Å²) in [6.45, 7) is 0.744. The molecule has 0 unspecified atom stereocenters. The molecular weight excluding hydrogens is 282 g/mol. The third-order valence-electron chi connectivity index (χ3n) is 5.24. The van der Waals surface area contributed by atoms with Crippen molar-refractivity contribution in [2.45, 2.75) is 44.9 Å². The highest BCUT2D eigenvalue weighted by atomic mass is 16.1. The fourth-order valence-corrected chi connectivity index (χ4v) is 4.01. The van der Waals surface area contributed by atoms with Crippen molar-refractivity contribution in [3.05, 3.63) is 58.7 Å². The number of rotatable bonds is 4. The quantitative estimate of drug-likeness (QED) is 0.824. The highest BCUT2D eigenvalue weighted by Crippen LogP contribution is 2.32. The van der Waals surface area contributed by atoms with Crippen molar-refractivity contribution in [3.63, 3.8) is 0 Å². The maximum atomic E-state index is 12.6. The molecule has 118 valence electrons. The molecule has 2 aliphatic carbocycles. The van der Waals surface area contributed by atoms with Gasteiger partial charge in [0, 0.05) is 12.1 Å². The molecule has 1 N–H and O–H groups in total. The van der Waals surface area contributed by atoms with Gasteiger partial charge in [0.2, 0.25) is 0 Å². The molecule has 0 radical (unpaired) electrons. The van der Waals surface area contributed by atoms with Crippen LogP contribution in [0.5, 0.6) is 0 Å². The molecule has 2 nitrogen and oxygen atoms in total. The molecule has 0 saturated heterocycles. The molecule has 2 aromatic carbocycles. The summed E-state index contributed by atoms with van der Waals surface area (Å²) >= 11 is 0. The van der Waals surface area contributed by atoms with Crippen LogP contribution in [-0.2, 0) is 12.8 Å². The van der Waals surface area contributed by atoms with Crippen molar-refractivity contribution in [1.29, 1.82) is 0 Å².